The third-order valence-electron chi connectivity index (χ3n) is 4.01. The summed E-state index contributed by atoms with van der Waals surface area (Å²) in [5, 5.41) is 6.16. The molecule has 5 nitrogen and oxygen atoms in total. The predicted molar refractivity (Wildman–Crippen MR) is 95.1 cm³/mol. The maximum absolute atomic E-state index is 12.1. The van der Waals surface area contributed by atoms with Crippen LogP contribution in [0.3, 0.4) is 0 Å². The zero-order valence-electron chi connectivity index (χ0n) is 14.0. The number of hydrogen-bond acceptors (Lipinski definition) is 4. The molecule has 1 heterocycles. The summed E-state index contributed by atoms with van der Waals surface area (Å²) in [4.78, 5) is 12.1. The first kappa shape index (κ1) is 16.2. The molecule has 0 unspecified atom stereocenters. The summed E-state index contributed by atoms with van der Waals surface area (Å²) in [7, 11) is 0. The lowest BCUT2D eigenvalue weighted by Gasteiger charge is -2.19. The van der Waals surface area contributed by atoms with Gasteiger partial charge in [-0.1, -0.05) is 6.07 Å². The van der Waals surface area contributed by atoms with Crippen molar-refractivity contribution in [3.63, 3.8) is 0 Å². The van der Waals surface area contributed by atoms with Gasteiger partial charge in [-0.3, -0.25) is 4.79 Å². The van der Waals surface area contributed by atoms with E-state index < -0.39 is 0 Å². The molecule has 1 aliphatic heterocycles. The monoisotopic (exact) mass is 326 g/mol. The van der Waals surface area contributed by atoms with Gasteiger partial charge in [-0.05, 0) is 49.2 Å². The quantitative estimate of drug-likeness (QED) is 0.883. The number of anilines is 2. The maximum Gasteiger partial charge on any atom is 0.226 e. The molecule has 0 aliphatic carbocycles. The van der Waals surface area contributed by atoms with Gasteiger partial charge < -0.3 is 20.1 Å². The lowest BCUT2D eigenvalue weighted by Crippen LogP contribution is -2.18. The maximum atomic E-state index is 12.1. The average Bonchev–Trinajstić information content (AvgIpc) is 2.58. The highest BCUT2D eigenvalue weighted by Gasteiger charge is 2.12. The van der Waals surface area contributed by atoms with Crippen molar-refractivity contribution >= 4 is 17.3 Å². The minimum absolute atomic E-state index is 0.0389. The smallest absolute Gasteiger partial charge is 0.226 e. The van der Waals surface area contributed by atoms with Crippen LogP contribution >= 0.6 is 0 Å². The molecule has 2 aromatic carbocycles. The van der Waals surface area contributed by atoms with Gasteiger partial charge >= 0.3 is 0 Å². The standard InChI is InChI=1S/C19H22N2O3/c1-13-3-4-15(11-14(13)2)20-8-7-19(22)21-16-5-6-17-18(12-16)24-10-9-23-17/h3-6,11-12,20H,7-10H2,1-2H3,(H,21,22). The summed E-state index contributed by atoms with van der Waals surface area (Å²) in [6, 6.07) is 11.6. The second kappa shape index (κ2) is 7.25. The minimum atomic E-state index is -0.0389. The van der Waals surface area contributed by atoms with Gasteiger partial charge in [0.15, 0.2) is 11.5 Å². The van der Waals surface area contributed by atoms with Gasteiger partial charge in [-0.15, -0.1) is 0 Å². The third kappa shape index (κ3) is 3.98. The van der Waals surface area contributed by atoms with E-state index in [0.717, 1.165) is 17.1 Å². The van der Waals surface area contributed by atoms with Crippen molar-refractivity contribution in [2.24, 2.45) is 0 Å². The highest BCUT2D eigenvalue weighted by atomic mass is 16.6. The van der Waals surface area contributed by atoms with E-state index in [1.165, 1.54) is 11.1 Å². The van der Waals surface area contributed by atoms with Crippen LogP contribution in [0.4, 0.5) is 11.4 Å². The van der Waals surface area contributed by atoms with E-state index in [2.05, 4.69) is 36.6 Å². The SMILES string of the molecule is Cc1ccc(NCCC(=O)Nc2ccc3c(c2)OCCO3)cc1C. The van der Waals surface area contributed by atoms with Crippen LogP contribution in [0.2, 0.25) is 0 Å². The van der Waals surface area contributed by atoms with Crippen LogP contribution in [0.5, 0.6) is 11.5 Å². The van der Waals surface area contributed by atoms with E-state index in [-0.39, 0.29) is 5.91 Å². The van der Waals surface area contributed by atoms with Crippen LogP contribution in [-0.2, 0) is 4.79 Å². The van der Waals surface area contributed by atoms with Gasteiger partial charge in [-0.2, -0.15) is 0 Å². The summed E-state index contributed by atoms with van der Waals surface area (Å²) >= 11 is 0. The Morgan fingerprint density at radius 1 is 0.958 bits per heavy atom. The molecular weight excluding hydrogens is 304 g/mol. The number of ether oxygens (including phenoxy) is 2. The third-order valence-corrected chi connectivity index (χ3v) is 4.01. The normalized spacial score (nSPS) is 12.6. The molecule has 2 aromatic rings. The van der Waals surface area contributed by atoms with E-state index in [0.29, 0.717) is 31.9 Å². The van der Waals surface area contributed by atoms with E-state index in [9.17, 15) is 4.79 Å². The van der Waals surface area contributed by atoms with E-state index in [1.54, 1.807) is 6.07 Å². The number of rotatable bonds is 5. The van der Waals surface area contributed by atoms with Crippen LogP contribution in [-0.4, -0.2) is 25.7 Å². The molecule has 3 rings (SSSR count). The zero-order valence-corrected chi connectivity index (χ0v) is 14.0. The first-order chi connectivity index (χ1) is 11.6. The number of carbonyl (C=O) groups is 1. The molecule has 24 heavy (non-hydrogen) atoms. The lowest BCUT2D eigenvalue weighted by molar-refractivity contribution is -0.115. The second-order valence-corrected chi connectivity index (χ2v) is 5.88. The summed E-state index contributed by atoms with van der Waals surface area (Å²) in [5.74, 6) is 1.35. The molecule has 0 fully saturated rings. The molecule has 0 radical (unpaired) electrons. The molecule has 0 spiro atoms. The fraction of sp³-hybridized carbons (Fsp3) is 0.316. The molecule has 0 aromatic heterocycles. The van der Waals surface area contributed by atoms with Gasteiger partial charge in [0, 0.05) is 30.4 Å². The Bertz CT molecular complexity index is 743. The highest BCUT2D eigenvalue weighted by molar-refractivity contribution is 5.91. The van der Waals surface area contributed by atoms with Crippen molar-refractivity contribution in [3.05, 3.63) is 47.5 Å². The number of fused-ring (bicyclic) bond motifs is 1. The van der Waals surface area contributed by atoms with Gasteiger partial charge in [0.25, 0.3) is 0 Å². The van der Waals surface area contributed by atoms with Crippen molar-refractivity contribution in [1.29, 1.82) is 0 Å². The number of hydrogen-bond donors (Lipinski definition) is 2. The van der Waals surface area contributed by atoms with Crippen LogP contribution in [0.1, 0.15) is 17.5 Å². The number of benzene rings is 2. The number of carbonyl (C=O) groups excluding carboxylic acids is 1. The molecule has 0 saturated carbocycles. The van der Waals surface area contributed by atoms with Crippen molar-refractivity contribution in [2.75, 3.05) is 30.4 Å². The Labute approximate surface area is 142 Å². The van der Waals surface area contributed by atoms with Crippen molar-refractivity contribution in [2.45, 2.75) is 20.3 Å². The number of aryl methyl sites for hydroxylation is 2. The minimum Gasteiger partial charge on any atom is -0.486 e. The Hall–Kier alpha value is -2.69. The van der Waals surface area contributed by atoms with Crippen LogP contribution < -0.4 is 20.1 Å². The summed E-state index contributed by atoms with van der Waals surface area (Å²) in [5.41, 5.74) is 4.25. The van der Waals surface area contributed by atoms with E-state index in [4.69, 9.17) is 9.47 Å². The molecule has 0 atom stereocenters. The molecule has 5 heteroatoms. The van der Waals surface area contributed by atoms with E-state index >= 15 is 0 Å². The predicted octanol–water partition coefficient (Wildman–Crippen LogP) is 3.52. The molecule has 1 aliphatic rings. The summed E-state index contributed by atoms with van der Waals surface area (Å²) in [6.45, 7) is 5.83. The van der Waals surface area contributed by atoms with Gasteiger partial charge in [0.1, 0.15) is 13.2 Å². The highest BCUT2D eigenvalue weighted by Crippen LogP contribution is 2.32. The molecular formula is C19H22N2O3. The van der Waals surface area contributed by atoms with Crippen molar-refractivity contribution < 1.29 is 14.3 Å². The fourth-order valence-electron chi connectivity index (χ4n) is 2.52. The zero-order chi connectivity index (χ0) is 16.9. The average molecular weight is 326 g/mol. The molecule has 2 N–H and O–H groups in total. The Morgan fingerprint density at radius 2 is 1.71 bits per heavy atom. The first-order valence-corrected chi connectivity index (χ1v) is 8.12. The molecule has 0 saturated heterocycles. The van der Waals surface area contributed by atoms with Crippen LogP contribution in [0, 0.1) is 13.8 Å². The summed E-state index contributed by atoms with van der Waals surface area (Å²) in [6.07, 6.45) is 0.390. The second-order valence-electron chi connectivity index (χ2n) is 5.88. The van der Waals surface area contributed by atoms with E-state index in [1.807, 2.05) is 18.2 Å². The van der Waals surface area contributed by atoms with Gasteiger partial charge in [0.2, 0.25) is 5.91 Å². The fourth-order valence-corrected chi connectivity index (χ4v) is 2.52. The molecule has 1 amide bonds. The number of amides is 1. The topological polar surface area (TPSA) is 59.6 Å². The summed E-state index contributed by atoms with van der Waals surface area (Å²) < 4.78 is 11.0. The van der Waals surface area contributed by atoms with Crippen molar-refractivity contribution in [3.8, 4) is 11.5 Å². The number of nitrogens with one attached hydrogen (secondary N) is 2. The lowest BCUT2D eigenvalue weighted by atomic mass is 10.1. The molecule has 0 bridgehead atoms. The Balaban J connectivity index is 1.49. The Kier molecular flexibility index (Phi) is 4.89. The van der Waals surface area contributed by atoms with Gasteiger partial charge in [0.05, 0.1) is 0 Å². The Morgan fingerprint density at radius 3 is 2.50 bits per heavy atom. The first-order valence-electron chi connectivity index (χ1n) is 8.12. The molecule has 126 valence electrons. The van der Waals surface area contributed by atoms with Crippen LogP contribution in [0.15, 0.2) is 36.4 Å². The van der Waals surface area contributed by atoms with Crippen LogP contribution in [0.25, 0.3) is 0 Å². The largest absolute Gasteiger partial charge is 0.486 e. The van der Waals surface area contributed by atoms with Crippen molar-refractivity contribution in [1.82, 2.24) is 0 Å². The van der Waals surface area contributed by atoms with Gasteiger partial charge in [-0.25, -0.2) is 0 Å².